The second kappa shape index (κ2) is 6.50. The van der Waals surface area contributed by atoms with Gasteiger partial charge in [-0.3, -0.25) is 4.79 Å². The summed E-state index contributed by atoms with van der Waals surface area (Å²) in [4.78, 5) is 14.9. The highest BCUT2D eigenvalue weighted by Gasteiger charge is 2.31. The summed E-state index contributed by atoms with van der Waals surface area (Å²) in [6, 6.07) is 7.93. The number of hydrogen-bond donors (Lipinski definition) is 1. The predicted octanol–water partition coefficient (Wildman–Crippen LogP) is 2.85. The largest absolute Gasteiger partial charge is 0.496 e. The van der Waals surface area contributed by atoms with Crippen LogP contribution in [0.3, 0.4) is 0 Å². The molecule has 1 aromatic heterocycles. The molecule has 4 nitrogen and oxygen atoms in total. The Morgan fingerprint density at radius 3 is 2.91 bits per heavy atom. The zero-order valence-corrected chi connectivity index (χ0v) is 13.7. The molecule has 1 unspecified atom stereocenters. The lowest BCUT2D eigenvalue weighted by Gasteiger charge is -2.37. The highest BCUT2D eigenvalue weighted by atomic mass is 32.1. The number of para-hydroxylation sites is 1. The topological polar surface area (TPSA) is 41.6 Å². The van der Waals surface area contributed by atoms with Gasteiger partial charge in [0.15, 0.2) is 0 Å². The van der Waals surface area contributed by atoms with Gasteiger partial charge >= 0.3 is 0 Å². The van der Waals surface area contributed by atoms with Crippen molar-refractivity contribution >= 4 is 17.2 Å². The lowest BCUT2D eigenvalue weighted by molar-refractivity contribution is 0.0631. The SMILES string of the molecule is COc1ccccc1C1CNCCN1C(=O)c1cscc1C. The number of methoxy groups -OCH3 is 1. The number of benzene rings is 1. The Hall–Kier alpha value is -1.85. The van der Waals surface area contributed by atoms with Gasteiger partial charge in [-0.05, 0) is 23.9 Å². The zero-order valence-electron chi connectivity index (χ0n) is 12.8. The van der Waals surface area contributed by atoms with E-state index in [-0.39, 0.29) is 11.9 Å². The van der Waals surface area contributed by atoms with Crippen molar-refractivity contribution in [3.63, 3.8) is 0 Å². The van der Waals surface area contributed by atoms with Crippen molar-refractivity contribution in [2.24, 2.45) is 0 Å². The maximum absolute atomic E-state index is 12.9. The molecule has 0 aliphatic carbocycles. The molecule has 1 N–H and O–H groups in total. The minimum Gasteiger partial charge on any atom is -0.496 e. The Kier molecular flexibility index (Phi) is 4.45. The monoisotopic (exact) mass is 316 g/mol. The van der Waals surface area contributed by atoms with Crippen LogP contribution in [0, 0.1) is 6.92 Å². The molecule has 0 radical (unpaired) electrons. The van der Waals surface area contributed by atoms with Gasteiger partial charge in [-0.1, -0.05) is 18.2 Å². The molecule has 2 aromatic rings. The Balaban J connectivity index is 1.95. The third-order valence-corrected chi connectivity index (χ3v) is 4.95. The average molecular weight is 316 g/mol. The summed E-state index contributed by atoms with van der Waals surface area (Å²) in [5.74, 6) is 0.937. The molecule has 0 saturated carbocycles. The van der Waals surface area contributed by atoms with E-state index in [2.05, 4.69) is 5.32 Å². The molecule has 2 heterocycles. The number of carbonyl (C=O) groups is 1. The van der Waals surface area contributed by atoms with E-state index in [4.69, 9.17) is 4.74 Å². The molecule has 1 atom stereocenters. The van der Waals surface area contributed by atoms with Gasteiger partial charge in [0, 0.05) is 30.6 Å². The molecule has 3 rings (SSSR count). The van der Waals surface area contributed by atoms with Gasteiger partial charge in [0.25, 0.3) is 5.91 Å². The fourth-order valence-electron chi connectivity index (χ4n) is 2.90. The number of nitrogens with one attached hydrogen (secondary N) is 1. The van der Waals surface area contributed by atoms with E-state index < -0.39 is 0 Å². The van der Waals surface area contributed by atoms with Crippen LogP contribution in [0.4, 0.5) is 0 Å². The number of piperazine rings is 1. The third-order valence-electron chi connectivity index (χ3n) is 4.09. The quantitative estimate of drug-likeness (QED) is 0.947. The normalized spacial score (nSPS) is 18.3. The highest BCUT2D eigenvalue weighted by Crippen LogP contribution is 2.31. The van der Waals surface area contributed by atoms with Crippen molar-refractivity contribution in [3.05, 3.63) is 51.7 Å². The van der Waals surface area contributed by atoms with Crippen molar-refractivity contribution in [1.29, 1.82) is 0 Å². The lowest BCUT2D eigenvalue weighted by atomic mass is 10.0. The third kappa shape index (κ3) is 2.74. The number of hydrogen-bond acceptors (Lipinski definition) is 4. The van der Waals surface area contributed by atoms with E-state index in [1.54, 1.807) is 18.4 Å². The van der Waals surface area contributed by atoms with Crippen LogP contribution in [-0.4, -0.2) is 37.6 Å². The second-order valence-corrected chi connectivity index (χ2v) is 6.17. The van der Waals surface area contributed by atoms with Crippen LogP contribution in [-0.2, 0) is 0 Å². The standard InChI is InChI=1S/C17H20N2O2S/c1-12-10-22-11-14(12)17(20)19-8-7-18-9-15(19)13-5-3-4-6-16(13)21-2/h3-6,10-11,15,18H,7-9H2,1-2H3. The van der Waals surface area contributed by atoms with E-state index in [0.717, 1.165) is 35.5 Å². The van der Waals surface area contributed by atoms with Crippen LogP contribution in [0.2, 0.25) is 0 Å². The second-order valence-electron chi connectivity index (χ2n) is 5.43. The first-order valence-corrected chi connectivity index (χ1v) is 8.34. The maximum Gasteiger partial charge on any atom is 0.255 e. The highest BCUT2D eigenvalue weighted by molar-refractivity contribution is 7.08. The lowest BCUT2D eigenvalue weighted by Crippen LogP contribution is -2.48. The Morgan fingerprint density at radius 2 is 2.18 bits per heavy atom. The minimum atomic E-state index is -0.00306. The molecule has 1 aliphatic heterocycles. The Labute approximate surface area is 134 Å². The van der Waals surface area contributed by atoms with E-state index >= 15 is 0 Å². The number of aryl methyl sites for hydroxylation is 1. The van der Waals surface area contributed by atoms with E-state index in [1.165, 1.54) is 0 Å². The Morgan fingerprint density at radius 1 is 1.36 bits per heavy atom. The first-order valence-electron chi connectivity index (χ1n) is 7.39. The summed E-state index contributed by atoms with van der Waals surface area (Å²) in [6.07, 6.45) is 0. The van der Waals surface area contributed by atoms with Gasteiger partial charge in [0.05, 0.1) is 18.7 Å². The smallest absolute Gasteiger partial charge is 0.255 e. The number of ether oxygens (including phenoxy) is 1. The van der Waals surface area contributed by atoms with Crippen molar-refractivity contribution in [3.8, 4) is 5.75 Å². The van der Waals surface area contributed by atoms with E-state index in [9.17, 15) is 4.79 Å². The van der Waals surface area contributed by atoms with Gasteiger partial charge in [-0.25, -0.2) is 0 Å². The summed E-state index contributed by atoms with van der Waals surface area (Å²) >= 11 is 1.58. The van der Waals surface area contributed by atoms with Crippen LogP contribution in [0.15, 0.2) is 35.0 Å². The first kappa shape index (κ1) is 15.1. The number of carbonyl (C=O) groups excluding carboxylic acids is 1. The summed E-state index contributed by atoms with van der Waals surface area (Å²) in [5, 5.41) is 7.35. The predicted molar refractivity (Wildman–Crippen MR) is 88.7 cm³/mol. The van der Waals surface area contributed by atoms with Gasteiger partial charge in [-0.2, -0.15) is 11.3 Å². The van der Waals surface area contributed by atoms with Gasteiger partial charge in [0.1, 0.15) is 5.75 Å². The van der Waals surface area contributed by atoms with Crippen molar-refractivity contribution in [2.75, 3.05) is 26.7 Å². The van der Waals surface area contributed by atoms with Crippen molar-refractivity contribution in [2.45, 2.75) is 13.0 Å². The number of rotatable bonds is 3. The first-order chi connectivity index (χ1) is 10.7. The molecular formula is C17H20N2O2S. The van der Waals surface area contributed by atoms with Crippen molar-refractivity contribution < 1.29 is 9.53 Å². The Bertz CT molecular complexity index is 668. The molecule has 1 saturated heterocycles. The molecule has 5 heteroatoms. The summed E-state index contributed by atoms with van der Waals surface area (Å²) in [7, 11) is 1.67. The van der Waals surface area contributed by atoms with Crippen LogP contribution >= 0.6 is 11.3 Å². The molecule has 1 aliphatic rings. The fraction of sp³-hybridized carbons (Fsp3) is 0.353. The molecule has 116 valence electrons. The van der Waals surface area contributed by atoms with Crippen molar-refractivity contribution in [1.82, 2.24) is 10.2 Å². The molecule has 1 aromatic carbocycles. The number of thiophene rings is 1. The van der Waals surface area contributed by atoms with Gasteiger partial charge in [0.2, 0.25) is 0 Å². The maximum atomic E-state index is 12.9. The van der Waals surface area contributed by atoms with Gasteiger partial charge < -0.3 is 15.0 Å². The fourth-order valence-corrected chi connectivity index (χ4v) is 3.72. The molecule has 0 spiro atoms. The minimum absolute atomic E-state index is 0.00306. The molecule has 22 heavy (non-hydrogen) atoms. The molecular weight excluding hydrogens is 296 g/mol. The van der Waals surface area contributed by atoms with Crippen LogP contribution in [0.1, 0.15) is 27.5 Å². The van der Waals surface area contributed by atoms with E-state index in [1.807, 2.05) is 46.8 Å². The van der Waals surface area contributed by atoms with Crippen LogP contribution in [0.5, 0.6) is 5.75 Å². The number of nitrogens with zero attached hydrogens (tertiary/aromatic N) is 1. The zero-order chi connectivity index (χ0) is 15.5. The molecule has 1 fully saturated rings. The van der Waals surface area contributed by atoms with Crippen LogP contribution < -0.4 is 10.1 Å². The average Bonchev–Trinajstić information content (AvgIpc) is 3.00. The summed E-state index contributed by atoms with van der Waals surface area (Å²) < 4.78 is 5.48. The van der Waals surface area contributed by atoms with E-state index in [0.29, 0.717) is 6.54 Å². The molecule has 1 amide bonds. The summed E-state index contributed by atoms with van der Waals surface area (Å²) in [5.41, 5.74) is 2.91. The summed E-state index contributed by atoms with van der Waals surface area (Å²) in [6.45, 7) is 4.26. The molecule has 0 bridgehead atoms. The van der Waals surface area contributed by atoms with Crippen LogP contribution in [0.25, 0.3) is 0 Å². The van der Waals surface area contributed by atoms with Gasteiger partial charge in [-0.15, -0.1) is 0 Å². The number of amides is 1.